The number of nitrogens with zero attached hydrogens (tertiary/aromatic N) is 3. The van der Waals surface area contributed by atoms with E-state index in [9.17, 15) is 5.11 Å². The van der Waals surface area contributed by atoms with Crippen LogP contribution >= 0.6 is 15.9 Å². The van der Waals surface area contributed by atoms with E-state index in [0.717, 1.165) is 42.2 Å². The maximum atomic E-state index is 9.90. The van der Waals surface area contributed by atoms with Crippen LogP contribution in [0.5, 0.6) is 5.75 Å². The molecule has 1 saturated heterocycles. The Kier molecular flexibility index (Phi) is 3.78. The molecule has 2 aromatic rings. The molecular formula is C15H16BrN3O. The van der Waals surface area contributed by atoms with Gasteiger partial charge in [0, 0.05) is 36.8 Å². The van der Waals surface area contributed by atoms with Crippen molar-refractivity contribution in [2.24, 2.45) is 0 Å². The van der Waals surface area contributed by atoms with Crippen molar-refractivity contribution in [3.05, 3.63) is 47.1 Å². The van der Waals surface area contributed by atoms with Crippen LogP contribution in [0, 0.1) is 0 Å². The molecule has 1 N–H and O–H groups in total. The van der Waals surface area contributed by atoms with Crippen molar-refractivity contribution >= 4 is 27.4 Å². The molecule has 0 spiro atoms. The van der Waals surface area contributed by atoms with Crippen LogP contribution < -0.4 is 9.80 Å². The normalized spacial score (nSPS) is 15.4. The molecule has 104 valence electrons. The van der Waals surface area contributed by atoms with E-state index in [-0.39, 0.29) is 0 Å². The smallest absolute Gasteiger partial charge is 0.138 e. The van der Waals surface area contributed by atoms with Gasteiger partial charge in [0.05, 0.1) is 5.69 Å². The van der Waals surface area contributed by atoms with Crippen molar-refractivity contribution in [1.29, 1.82) is 0 Å². The number of benzene rings is 1. The summed E-state index contributed by atoms with van der Waals surface area (Å²) in [6.07, 6.45) is 1.82. The number of phenols is 1. The van der Waals surface area contributed by atoms with E-state index < -0.39 is 0 Å². The molecule has 0 aliphatic carbocycles. The highest BCUT2D eigenvalue weighted by Crippen LogP contribution is 2.27. The van der Waals surface area contributed by atoms with Gasteiger partial charge in [0.2, 0.25) is 0 Å². The minimum absolute atomic E-state index is 0.350. The monoisotopic (exact) mass is 333 g/mol. The Morgan fingerprint density at radius 2 is 1.65 bits per heavy atom. The third-order valence-corrected chi connectivity index (χ3v) is 4.01. The van der Waals surface area contributed by atoms with Gasteiger partial charge in [-0.2, -0.15) is 0 Å². The van der Waals surface area contributed by atoms with E-state index in [1.807, 2.05) is 36.5 Å². The molecule has 0 radical (unpaired) electrons. The first kappa shape index (κ1) is 13.2. The Labute approximate surface area is 126 Å². The van der Waals surface area contributed by atoms with Gasteiger partial charge in [-0.05, 0) is 40.2 Å². The molecule has 3 rings (SSSR count). The number of piperazine rings is 1. The van der Waals surface area contributed by atoms with Gasteiger partial charge < -0.3 is 14.9 Å². The Bertz CT molecular complexity index is 580. The highest BCUT2D eigenvalue weighted by atomic mass is 79.9. The van der Waals surface area contributed by atoms with Crippen molar-refractivity contribution in [3.63, 3.8) is 0 Å². The molecule has 0 unspecified atom stereocenters. The first-order valence-electron chi connectivity index (χ1n) is 6.63. The molecule has 5 heteroatoms. The second-order valence-electron chi connectivity index (χ2n) is 4.80. The molecule has 0 bridgehead atoms. The molecule has 2 heterocycles. The maximum Gasteiger partial charge on any atom is 0.138 e. The quantitative estimate of drug-likeness (QED) is 0.917. The second kappa shape index (κ2) is 5.71. The van der Waals surface area contributed by atoms with Crippen LogP contribution in [0.15, 0.2) is 47.1 Å². The van der Waals surface area contributed by atoms with Gasteiger partial charge in [0.1, 0.15) is 11.6 Å². The lowest BCUT2D eigenvalue weighted by molar-refractivity contribution is 0.472. The summed E-state index contributed by atoms with van der Waals surface area (Å²) in [7, 11) is 0. The zero-order chi connectivity index (χ0) is 13.9. The van der Waals surface area contributed by atoms with Crippen molar-refractivity contribution in [1.82, 2.24) is 4.98 Å². The molecule has 0 atom stereocenters. The first-order valence-corrected chi connectivity index (χ1v) is 7.43. The number of anilines is 2. The van der Waals surface area contributed by atoms with E-state index in [2.05, 4.69) is 30.7 Å². The van der Waals surface area contributed by atoms with Gasteiger partial charge in [0.15, 0.2) is 0 Å². The standard InChI is InChI=1S/C15H16BrN3O/c16-12-5-6-15(17-11-12)19-9-7-18(8-10-19)13-3-1-2-4-14(13)20/h1-6,11,20H,7-10H2. The van der Waals surface area contributed by atoms with Gasteiger partial charge in [-0.3, -0.25) is 0 Å². The summed E-state index contributed by atoms with van der Waals surface area (Å²) in [6.45, 7) is 3.58. The topological polar surface area (TPSA) is 39.6 Å². The second-order valence-corrected chi connectivity index (χ2v) is 5.71. The third kappa shape index (κ3) is 2.72. The number of halogens is 1. The summed E-state index contributed by atoms with van der Waals surface area (Å²) in [4.78, 5) is 8.91. The van der Waals surface area contributed by atoms with Crippen LogP contribution in [0.3, 0.4) is 0 Å². The van der Waals surface area contributed by atoms with Crippen LogP contribution in [0.4, 0.5) is 11.5 Å². The predicted octanol–water partition coefficient (Wildman–Crippen LogP) is 2.88. The molecule has 1 aliphatic rings. The van der Waals surface area contributed by atoms with E-state index in [1.165, 1.54) is 0 Å². The lowest BCUT2D eigenvalue weighted by atomic mass is 10.2. The van der Waals surface area contributed by atoms with E-state index >= 15 is 0 Å². The molecule has 1 aliphatic heterocycles. The molecule has 1 aromatic carbocycles. The molecule has 4 nitrogen and oxygen atoms in total. The maximum absolute atomic E-state index is 9.90. The number of hydrogen-bond acceptors (Lipinski definition) is 4. The zero-order valence-electron chi connectivity index (χ0n) is 11.0. The zero-order valence-corrected chi connectivity index (χ0v) is 12.6. The van der Waals surface area contributed by atoms with Gasteiger partial charge in [-0.15, -0.1) is 0 Å². The minimum atomic E-state index is 0.350. The highest BCUT2D eigenvalue weighted by Gasteiger charge is 2.19. The number of aromatic hydroxyl groups is 1. The molecule has 1 aromatic heterocycles. The minimum Gasteiger partial charge on any atom is -0.506 e. The van der Waals surface area contributed by atoms with Crippen LogP contribution in [0.25, 0.3) is 0 Å². The Morgan fingerprint density at radius 3 is 2.30 bits per heavy atom. The number of hydrogen-bond donors (Lipinski definition) is 1. The molecule has 1 fully saturated rings. The highest BCUT2D eigenvalue weighted by molar-refractivity contribution is 9.10. The lowest BCUT2D eigenvalue weighted by Crippen LogP contribution is -2.46. The summed E-state index contributed by atoms with van der Waals surface area (Å²) >= 11 is 3.40. The van der Waals surface area contributed by atoms with Crippen LogP contribution in [-0.2, 0) is 0 Å². The Hall–Kier alpha value is -1.75. The van der Waals surface area contributed by atoms with Gasteiger partial charge in [0.25, 0.3) is 0 Å². The average Bonchev–Trinajstić information content (AvgIpc) is 2.49. The molecule has 0 saturated carbocycles. The van der Waals surface area contributed by atoms with E-state index in [1.54, 1.807) is 6.07 Å². The summed E-state index contributed by atoms with van der Waals surface area (Å²) in [5.41, 5.74) is 0.913. The SMILES string of the molecule is Oc1ccccc1N1CCN(c2ccc(Br)cn2)CC1. The largest absolute Gasteiger partial charge is 0.506 e. The third-order valence-electron chi connectivity index (χ3n) is 3.54. The fourth-order valence-corrected chi connectivity index (χ4v) is 2.70. The van der Waals surface area contributed by atoms with Crippen molar-refractivity contribution in [2.75, 3.05) is 36.0 Å². The number of rotatable bonds is 2. The van der Waals surface area contributed by atoms with Crippen LogP contribution in [-0.4, -0.2) is 36.3 Å². The van der Waals surface area contributed by atoms with E-state index in [0.29, 0.717) is 5.75 Å². The summed E-state index contributed by atoms with van der Waals surface area (Å²) < 4.78 is 0.995. The van der Waals surface area contributed by atoms with Gasteiger partial charge in [-0.25, -0.2) is 4.98 Å². The lowest BCUT2D eigenvalue weighted by Gasteiger charge is -2.36. The van der Waals surface area contributed by atoms with Gasteiger partial charge >= 0.3 is 0 Å². The molecule has 20 heavy (non-hydrogen) atoms. The predicted molar refractivity (Wildman–Crippen MR) is 84.5 cm³/mol. The fraction of sp³-hybridized carbons (Fsp3) is 0.267. The van der Waals surface area contributed by atoms with Crippen LogP contribution in [0.2, 0.25) is 0 Å². The number of para-hydroxylation sites is 2. The average molecular weight is 334 g/mol. The summed E-state index contributed by atoms with van der Waals surface area (Å²) in [6, 6.07) is 11.5. The van der Waals surface area contributed by atoms with Crippen molar-refractivity contribution < 1.29 is 5.11 Å². The Balaban J connectivity index is 1.68. The number of aromatic nitrogens is 1. The number of phenolic OH excluding ortho intramolecular Hbond substituents is 1. The first-order chi connectivity index (χ1) is 9.74. The van der Waals surface area contributed by atoms with Crippen molar-refractivity contribution in [3.8, 4) is 5.75 Å². The van der Waals surface area contributed by atoms with Crippen molar-refractivity contribution in [2.45, 2.75) is 0 Å². The molecule has 0 amide bonds. The fourth-order valence-electron chi connectivity index (χ4n) is 2.46. The molecular weight excluding hydrogens is 318 g/mol. The summed E-state index contributed by atoms with van der Waals surface area (Å²) in [5.74, 6) is 1.35. The van der Waals surface area contributed by atoms with Crippen LogP contribution in [0.1, 0.15) is 0 Å². The number of pyridine rings is 1. The Morgan fingerprint density at radius 1 is 0.950 bits per heavy atom. The van der Waals surface area contributed by atoms with Gasteiger partial charge in [-0.1, -0.05) is 12.1 Å². The summed E-state index contributed by atoms with van der Waals surface area (Å²) in [5, 5.41) is 9.90. The van der Waals surface area contributed by atoms with E-state index in [4.69, 9.17) is 0 Å².